The molecule has 0 saturated heterocycles. The summed E-state index contributed by atoms with van der Waals surface area (Å²) in [5.41, 5.74) is 8.39. The summed E-state index contributed by atoms with van der Waals surface area (Å²) >= 11 is 0. The van der Waals surface area contributed by atoms with Gasteiger partial charge >= 0.3 is 0 Å². The van der Waals surface area contributed by atoms with E-state index >= 15 is 0 Å². The normalized spacial score (nSPS) is 26.9. The van der Waals surface area contributed by atoms with Crippen LogP contribution in [0.4, 0.5) is 5.69 Å². The van der Waals surface area contributed by atoms with Gasteiger partial charge in [0.1, 0.15) is 0 Å². The third kappa shape index (κ3) is 2.52. The number of benzene rings is 1. The van der Waals surface area contributed by atoms with Crippen LogP contribution in [-0.4, -0.2) is 18.5 Å². The predicted octanol–water partition coefficient (Wildman–Crippen LogP) is 2.48. The van der Waals surface area contributed by atoms with E-state index in [9.17, 15) is 4.79 Å². The fourth-order valence-corrected chi connectivity index (χ4v) is 3.38. The highest BCUT2D eigenvalue weighted by molar-refractivity contribution is 5.96. The van der Waals surface area contributed by atoms with Crippen LogP contribution in [0.5, 0.6) is 0 Å². The second-order valence-corrected chi connectivity index (χ2v) is 5.85. The van der Waals surface area contributed by atoms with Crippen molar-refractivity contribution >= 4 is 11.6 Å². The maximum Gasteiger partial charge on any atom is 0.230 e. The van der Waals surface area contributed by atoms with Gasteiger partial charge in [0.05, 0.1) is 0 Å². The first-order valence-corrected chi connectivity index (χ1v) is 7.40. The molecule has 3 nitrogen and oxygen atoms in total. The number of hydrogen-bond acceptors (Lipinski definition) is 2. The van der Waals surface area contributed by atoms with Crippen molar-refractivity contribution in [1.29, 1.82) is 0 Å². The van der Waals surface area contributed by atoms with Gasteiger partial charge in [-0.15, -0.1) is 0 Å². The van der Waals surface area contributed by atoms with Crippen LogP contribution in [0.2, 0.25) is 0 Å². The predicted molar refractivity (Wildman–Crippen MR) is 77.0 cm³/mol. The van der Waals surface area contributed by atoms with Crippen LogP contribution in [0, 0.1) is 5.92 Å². The largest absolute Gasteiger partial charge is 0.328 e. The Morgan fingerprint density at radius 2 is 2.05 bits per heavy atom. The van der Waals surface area contributed by atoms with E-state index in [4.69, 9.17) is 5.73 Å². The minimum atomic E-state index is 0.140. The molecule has 2 N–H and O–H groups in total. The summed E-state index contributed by atoms with van der Waals surface area (Å²) in [7, 11) is 0. The van der Waals surface area contributed by atoms with Gasteiger partial charge in [0.15, 0.2) is 0 Å². The monoisotopic (exact) mass is 258 g/mol. The summed E-state index contributed by atoms with van der Waals surface area (Å²) in [6, 6.07) is 8.56. The smallest absolute Gasteiger partial charge is 0.230 e. The zero-order chi connectivity index (χ0) is 13.2. The highest BCUT2D eigenvalue weighted by Gasteiger charge is 2.32. The lowest BCUT2D eigenvalue weighted by Gasteiger charge is -2.26. The molecule has 2 unspecified atom stereocenters. The number of hydrogen-bond donors (Lipinski definition) is 1. The van der Waals surface area contributed by atoms with E-state index in [1.807, 2.05) is 11.0 Å². The first-order valence-electron chi connectivity index (χ1n) is 7.40. The number of anilines is 1. The van der Waals surface area contributed by atoms with Crippen molar-refractivity contribution in [1.82, 2.24) is 0 Å². The van der Waals surface area contributed by atoms with Crippen LogP contribution in [-0.2, 0) is 11.2 Å². The number of amides is 1. The van der Waals surface area contributed by atoms with Crippen molar-refractivity contribution in [2.24, 2.45) is 11.7 Å². The molecule has 1 aliphatic heterocycles. The van der Waals surface area contributed by atoms with Gasteiger partial charge in [-0.2, -0.15) is 0 Å². The molecule has 0 radical (unpaired) electrons. The molecule has 3 heteroatoms. The summed E-state index contributed by atoms with van der Waals surface area (Å²) in [5, 5.41) is 0. The van der Waals surface area contributed by atoms with E-state index in [-0.39, 0.29) is 12.0 Å². The minimum Gasteiger partial charge on any atom is -0.328 e. The Kier molecular flexibility index (Phi) is 3.56. The second-order valence-electron chi connectivity index (χ2n) is 5.85. The third-order valence-corrected chi connectivity index (χ3v) is 4.45. The van der Waals surface area contributed by atoms with Gasteiger partial charge in [0.25, 0.3) is 0 Å². The Morgan fingerprint density at radius 3 is 2.84 bits per heavy atom. The Bertz CT molecular complexity index is 472. The van der Waals surface area contributed by atoms with Crippen LogP contribution in [0.15, 0.2) is 24.3 Å². The van der Waals surface area contributed by atoms with E-state index < -0.39 is 0 Å². The minimum absolute atomic E-state index is 0.140. The summed E-state index contributed by atoms with van der Waals surface area (Å²) < 4.78 is 0. The zero-order valence-corrected chi connectivity index (χ0v) is 11.3. The molecule has 19 heavy (non-hydrogen) atoms. The number of carbonyl (C=O) groups excluding carboxylic acids is 1. The molecule has 1 saturated carbocycles. The Morgan fingerprint density at radius 1 is 1.21 bits per heavy atom. The van der Waals surface area contributed by atoms with E-state index in [0.29, 0.717) is 5.91 Å². The Balaban J connectivity index is 1.85. The van der Waals surface area contributed by atoms with E-state index in [2.05, 4.69) is 18.2 Å². The fourth-order valence-electron chi connectivity index (χ4n) is 3.38. The van der Waals surface area contributed by atoms with Gasteiger partial charge in [-0.3, -0.25) is 4.79 Å². The van der Waals surface area contributed by atoms with Crippen molar-refractivity contribution in [3.8, 4) is 0 Å². The summed E-state index contributed by atoms with van der Waals surface area (Å²) in [5.74, 6) is 0.434. The highest BCUT2D eigenvalue weighted by Crippen LogP contribution is 2.31. The van der Waals surface area contributed by atoms with Crippen LogP contribution in [0.3, 0.4) is 0 Å². The van der Waals surface area contributed by atoms with Gasteiger partial charge in [-0.05, 0) is 50.2 Å². The van der Waals surface area contributed by atoms with E-state index in [1.165, 1.54) is 12.0 Å². The highest BCUT2D eigenvalue weighted by atomic mass is 16.2. The maximum absolute atomic E-state index is 12.7. The van der Waals surface area contributed by atoms with Gasteiger partial charge in [-0.25, -0.2) is 0 Å². The van der Waals surface area contributed by atoms with Crippen LogP contribution < -0.4 is 10.6 Å². The van der Waals surface area contributed by atoms with E-state index in [1.54, 1.807) is 0 Å². The molecule has 1 amide bonds. The van der Waals surface area contributed by atoms with Crippen molar-refractivity contribution in [3.63, 3.8) is 0 Å². The molecule has 1 aliphatic carbocycles. The van der Waals surface area contributed by atoms with Crippen molar-refractivity contribution in [2.75, 3.05) is 11.4 Å². The SMILES string of the molecule is NC1CCC(C(=O)N2CCCCc3ccccc32)C1. The molecular formula is C16H22N2O. The summed E-state index contributed by atoms with van der Waals surface area (Å²) in [4.78, 5) is 14.8. The van der Waals surface area contributed by atoms with Crippen molar-refractivity contribution < 1.29 is 4.79 Å². The molecule has 102 valence electrons. The topological polar surface area (TPSA) is 46.3 Å². The average molecular weight is 258 g/mol. The molecular weight excluding hydrogens is 236 g/mol. The molecule has 1 heterocycles. The molecule has 0 bridgehead atoms. The number of aryl methyl sites for hydroxylation is 1. The van der Waals surface area contributed by atoms with Crippen LogP contribution >= 0.6 is 0 Å². The molecule has 1 aromatic carbocycles. The van der Waals surface area contributed by atoms with Gasteiger partial charge < -0.3 is 10.6 Å². The van der Waals surface area contributed by atoms with Crippen LogP contribution in [0.1, 0.15) is 37.7 Å². The van der Waals surface area contributed by atoms with Crippen molar-refractivity contribution in [3.05, 3.63) is 29.8 Å². The second kappa shape index (κ2) is 5.33. The lowest BCUT2D eigenvalue weighted by molar-refractivity contribution is -0.122. The number of fused-ring (bicyclic) bond motifs is 1. The first kappa shape index (κ1) is 12.7. The lowest BCUT2D eigenvalue weighted by Crippen LogP contribution is -2.36. The zero-order valence-electron chi connectivity index (χ0n) is 11.3. The Hall–Kier alpha value is -1.35. The molecule has 1 aromatic rings. The van der Waals surface area contributed by atoms with E-state index in [0.717, 1.165) is 44.3 Å². The molecule has 1 fully saturated rings. The number of nitrogens with zero attached hydrogens (tertiary/aromatic N) is 1. The lowest BCUT2D eigenvalue weighted by atomic mass is 10.0. The molecule has 2 aliphatic rings. The quantitative estimate of drug-likeness (QED) is 0.841. The Labute approximate surface area is 114 Å². The maximum atomic E-state index is 12.7. The van der Waals surface area contributed by atoms with Crippen molar-refractivity contribution in [2.45, 2.75) is 44.6 Å². The van der Waals surface area contributed by atoms with Gasteiger partial charge in [0, 0.05) is 24.2 Å². The summed E-state index contributed by atoms with van der Waals surface area (Å²) in [6.45, 7) is 0.863. The van der Waals surface area contributed by atoms with Gasteiger partial charge in [-0.1, -0.05) is 18.2 Å². The first-order chi connectivity index (χ1) is 9.25. The standard InChI is InChI=1S/C16H22N2O/c17-14-9-8-13(11-14)16(19)18-10-4-3-6-12-5-1-2-7-15(12)18/h1-2,5,7,13-14H,3-4,6,8-11,17H2. The number of para-hydroxylation sites is 1. The number of nitrogens with two attached hydrogens (primary N) is 1. The summed E-state index contributed by atoms with van der Waals surface area (Å²) in [6.07, 6.45) is 6.16. The average Bonchev–Trinajstić information content (AvgIpc) is 2.74. The fraction of sp³-hybridized carbons (Fsp3) is 0.562. The molecule has 3 rings (SSSR count). The molecule has 0 spiro atoms. The number of rotatable bonds is 1. The van der Waals surface area contributed by atoms with Crippen LogP contribution in [0.25, 0.3) is 0 Å². The molecule has 0 aromatic heterocycles. The third-order valence-electron chi connectivity index (χ3n) is 4.45. The molecule has 2 atom stereocenters. The van der Waals surface area contributed by atoms with Gasteiger partial charge in [0.2, 0.25) is 5.91 Å². The number of carbonyl (C=O) groups is 1.